The number of Topliss-reactive ketones (excluding diaryl/α,β-unsaturated/α-hetero) is 1. The van der Waals surface area contributed by atoms with Crippen LogP contribution in [0.5, 0.6) is 0 Å². The van der Waals surface area contributed by atoms with Crippen LogP contribution in [-0.2, 0) is 9.59 Å². The Balaban J connectivity index is 2.72. The molecule has 1 rings (SSSR count). The standard InChI is InChI=1S/C12H20BrNO2/c1-10(15)14-9-12(11(16)8-13)6-4-2-3-5-7-12/h2-9H2,1H3,(H,14,15). The van der Waals surface area contributed by atoms with Crippen molar-refractivity contribution in [1.29, 1.82) is 0 Å². The molecule has 1 N–H and O–H groups in total. The molecular formula is C12H20BrNO2. The molecule has 0 radical (unpaired) electrons. The third kappa shape index (κ3) is 3.58. The SMILES string of the molecule is CC(=O)NCC1(C(=O)CBr)CCCCCC1. The van der Waals surface area contributed by atoms with E-state index in [4.69, 9.17) is 0 Å². The predicted octanol–water partition coefficient (Wildman–Crippen LogP) is 2.43. The fraction of sp³-hybridized carbons (Fsp3) is 0.833. The fourth-order valence-corrected chi connectivity index (χ4v) is 2.99. The maximum Gasteiger partial charge on any atom is 0.216 e. The minimum atomic E-state index is -0.314. The van der Waals surface area contributed by atoms with Crippen LogP contribution in [0.15, 0.2) is 0 Å². The minimum Gasteiger partial charge on any atom is -0.355 e. The molecule has 92 valence electrons. The number of nitrogens with one attached hydrogen (secondary N) is 1. The largest absolute Gasteiger partial charge is 0.355 e. The first-order valence-electron chi connectivity index (χ1n) is 5.94. The second-order valence-corrected chi connectivity index (χ2v) is 5.22. The molecule has 0 aliphatic heterocycles. The molecule has 0 aromatic rings. The van der Waals surface area contributed by atoms with Gasteiger partial charge in [0.1, 0.15) is 0 Å². The van der Waals surface area contributed by atoms with E-state index in [1.807, 2.05) is 0 Å². The summed E-state index contributed by atoms with van der Waals surface area (Å²) >= 11 is 3.26. The Kier molecular flexibility index (Phi) is 5.46. The Labute approximate surface area is 105 Å². The lowest BCUT2D eigenvalue weighted by Gasteiger charge is -2.30. The molecule has 3 nitrogen and oxygen atoms in total. The maximum atomic E-state index is 12.1. The van der Waals surface area contributed by atoms with Crippen LogP contribution in [0.4, 0.5) is 0 Å². The van der Waals surface area contributed by atoms with Crippen molar-refractivity contribution in [3.8, 4) is 0 Å². The van der Waals surface area contributed by atoms with Gasteiger partial charge in [-0.15, -0.1) is 0 Å². The van der Waals surface area contributed by atoms with Crippen molar-refractivity contribution >= 4 is 27.6 Å². The molecule has 4 heteroatoms. The van der Waals surface area contributed by atoms with Crippen molar-refractivity contribution in [2.24, 2.45) is 5.41 Å². The van der Waals surface area contributed by atoms with Crippen LogP contribution in [0.2, 0.25) is 0 Å². The predicted molar refractivity (Wildman–Crippen MR) is 67.6 cm³/mol. The molecule has 0 aromatic carbocycles. The molecule has 1 aliphatic carbocycles. The molecule has 0 atom stereocenters. The number of halogens is 1. The molecule has 0 aromatic heterocycles. The van der Waals surface area contributed by atoms with E-state index in [0.717, 1.165) is 25.7 Å². The Morgan fingerprint density at radius 2 is 1.75 bits per heavy atom. The molecule has 1 saturated carbocycles. The summed E-state index contributed by atoms with van der Waals surface area (Å²) in [5, 5.41) is 3.21. The highest BCUT2D eigenvalue weighted by atomic mass is 79.9. The molecule has 16 heavy (non-hydrogen) atoms. The lowest BCUT2D eigenvalue weighted by Crippen LogP contribution is -2.42. The summed E-state index contributed by atoms with van der Waals surface area (Å²) in [6.45, 7) is 2.01. The molecule has 0 bridgehead atoms. The lowest BCUT2D eigenvalue weighted by atomic mass is 9.77. The average Bonchev–Trinajstić information content (AvgIpc) is 2.51. The van der Waals surface area contributed by atoms with Crippen molar-refractivity contribution in [3.63, 3.8) is 0 Å². The van der Waals surface area contributed by atoms with E-state index in [0.29, 0.717) is 11.9 Å². The number of hydrogen-bond acceptors (Lipinski definition) is 2. The number of rotatable bonds is 4. The van der Waals surface area contributed by atoms with Crippen molar-refractivity contribution in [2.75, 3.05) is 11.9 Å². The maximum absolute atomic E-state index is 12.1. The second-order valence-electron chi connectivity index (χ2n) is 4.66. The van der Waals surface area contributed by atoms with Crippen molar-refractivity contribution in [2.45, 2.75) is 45.4 Å². The Morgan fingerprint density at radius 1 is 1.19 bits per heavy atom. The zero-order chi connectivity index (χ0) is 12.0. The molecule has 0 unspecified atom stereocenters. The lowest BCUT2D eigenvalue weighted by molar-refractivity contribution is -0.127. The zero-order valence-corrected chi connectivity index (χ0v) is 11.4. The minimum absolute atomic E-state index is 0.0500. The monoisotopic (exact) mass is 289 g/mol. The van der Waals surface area contributed by atoms with Crippen LogP contribution in [0.1, 0.15) is 45.4 Å². The Hall–Kier alpha value is -0.380. The van der Waals surface area contributed by atoms with Gasteiger partial charge in [0.2, 0.25) is 5.91 Å². The van der Waals surface area contributed by atoms with Gasteiger partial charge in [-0.1, -0.05) is 41.6 Å². The van der Waals surface area contributed by atoms with Gasteiger partial charge in [-0.2, -0.15) is 0 Å². The van der Waals surface area contributed by atoms with Gasteiger partial charge in [-0.3, -0.25) is 9.59 Å². The molecular weight excluding hydrogens is 270 g/mol. The van der Waals surface area contributed by atoms with Gasteiger partial charge in [-0.05, 0) is 12.8 Å². The number of carbonyl (C=O) groups excluding carboxylic acids is 2. The average molecular weight is 290 g/mol. The van der Waals surface area contributed by atoms with E-state index in [-0.39, 0.29) is 17.1 Å². The van der Waals surface area contributed by atoms with Crippen LogP contribution in [0.25, 0.3) is 0 Å². The normalized spacial score (nSPS) is 19.9. The van der Waals surface area contributed by atoms with E-state index in [1.165, 1.54) is 19.8 Å². The quantitative estimate of drug-likeness (QED) is 0.638. The van der Waals surface area contributed by atoms with Crippen molar-refractivity contribution < 1.29 is 9.59 Å². The molecule has 1 aliphatic rings. The molecule has 1 amide bonds. The van der Waals surface area contributed by atoms with Gasteiger partial charge in [0, 0.05) is 18.9 Å². The first-order chi connectivity index (χ1) is 7.60. The van der Waals surface area contributed by atoms with E-state index >= 15 is 0 Å². The van der Waals surface area contributed by atoms with Crippen molar-refractivity contribution in [3.05, 3.63) is 0 Å². The Morgan fingerprint density at radius 3 is 2.19 bits per heavy atom. The fourth-order valence-electron chi connectivity index (χ4n) is 2.39. The van der Waals surface area contributed by atoms with Crippen LogP contribution >= 0.6 is 15.9 Å². The number of ketones is 1. The van der Waals surface area contributed by atoms with Crippen LogP contribution in [0, 0.1) is 5.41 Å². The first kappa shape index (κ1) is 13.7. The Bertz CT molecular complexity index is 258. The second kappa shape index (κ2) is 6.38. The van der Waals surface area contributed by atoms with Crippen LogP contribution in [0.3, 0.4) is 0 Å². The molecule has 0 spiro atoms. The van der Waals surface area contributed by atoms with Gasteiger partial charge in [-0.25, -0.2) is 0 Å². The van der Waals surface area contributed by atoms with Crippen LogP contribution < -0.4 is 5.32 Å². The zero-order valence-electron chi connectivity index (χ0n) is 9.85. The summed E-state index contributed by atoms with van der Waals surface area (Å²) in [6, 6.07) is 0. The summed E-state index contributed by atoms with van der Waals surface area (Å²) in [5.74, 6) is 0.189. The summed E-state index contributed by atoms with van der Waals surface area (Å²) in [5.41, 5.74) is -0.314. The molecule has 0 saturated heterocycles. The topological polar surface area (TPSA) is 46.2 Å². The van der Waals surface area contributed by atoms with E-state index in [9.17, 15) is 9.59 Å². The smallest absolute Gasteiger partial charge is 0.216 e. The van der Waals surface area contributed by atoms with Gasteiger partial charge >= 0.3 is 0 Å². The highest BCUT2D eigenvalue weighted by molar-refractivity contribution is 9.09. The highest BCUT2D eigenvalue weighted by Crippen LogP contribution is 2.36. The van der Waals surface area contributed by atoms with E-state index < -0.39 is 0 Å². The molecule has 1 fully saturated rings. The summed E-state index contributed by atoms with van der Waals surface area (Å²) < 4.78 is 0. The van der Waals surface area contributed by atoms with Gasteiger partial charge in [0.15, 0.2) is 5.78 Å². The third-order valence-corrected chi connectivity index (χ3v) is 3.96. The molecule has 0 heterocycles. The van der Waals surface area contributed by atoms with E-state index in [2.05, 4.69) is 21.2 Å². The summed E-state index contributed by atoms with van der Waals surface area (Å²) in [4.78, 5) is 23.0. The van der Waals surface area contributed by atoms with Crippen molar-refractivity contribution in [1.82, 2.24) is 5.32 Å². The number of hydrogen-bond donors (Lipinski definition) is 1. The first-order valence-corrected chi connectivity index (χ1v) is 7.06. The summed E-state index contributed by atoms with van der Waals surface area (Å²) in [6.07, 6.45) is 6.43. The highest BCUT2D eigenvalue weighted by Gasteiger charge is 2.37. The number of alkyl halides is 1. The van der Waals surface area contributed by atoms with E-state index in [1.54, 1.807) is 0 Å². The summed E-state index contributed by atoms with van der Waals surface area (Å²) in [7, 11) is 0. The van der Waals surface area contributed by atoms with Crippen LogP contribution in [-0.4, -0.2) is 23.6 Å². The number of carbonyl (C=O) groups is 2. The number of amides is 1. The van der Waals surface area contributed by atoms with Gasteiger partial charge in [0.25, 0.3) is 0 Å². The van der Waals surface area contributed by atoms with Gasteiger partial charge < -0.3 is 5.32 Å². The van der Waals surface area contributed by atoms with Gasteiger partial charge in [0.05, 0.1) is 5.33 Å². The third-order valence-electron chi connectivity index (χ3n) is 3.45.